The Morgan fingerprint density at radius 2 is 1.95 bits per heavy atom. The summed E-state index contributed by atoms with van der Waals surface area (Å²) in [6.45, 7) is 12.5. The summed E-state index contributed by atoms with van der Waals surface area (Å²) in [4.78, 5) is 4.02. The Labute approximate surface area is 129 Å². The fourth-order valence-electron chi connectivity index (χ4n) is 2.36. The lowest BCUT2D eigenvalue weighted by Crippen LogP contribution is -2.39. The molecule has 0 aliphatic carbocycles. The molecule has 0 saturated carbocycles. The summed E-state index contributed by atoms with van der Waals surface area (Å²) >= 11 is 1.87. The maximum Gasteiger partial charge on any atom is 0.0115 e. The second-order valence-corrected chi connectivity index (χ2v) is 8.00. The van der Waals surface area contributed by atoms with E-state index in [4.69, 9.17) is 0 Å². The first-order chi connectivity index (χ1) is 9.29. The van der Waals surface area contributed by atoms with E-state index in [1.54, 1.807) is 0 Å². The second-order valence-electron chi connectivity index (χ2n) is 6.97. The number of likely N-dealkylation sites (N-methyl/N-ethyl adjacent to an activating group) is 1. The summed E-state index contributed by atoms with van der Waals surface area (Å²) in [5.41, 5.74) is 0.238. The van der Waals surface area contributed by atoms with Crippen LogP contribution in [0.5, 0.6) is 0 Å². The van der Waals surface area contributed by atoms with E-state index in [-0.39, 0.29) is 5.54 Å². The van der Waals surface area contributed by atoms with Crippen molar-refractivity contribution in [3.05, 3.63) is 22.4 Å². The molecule has 0 fully saturated rings. The van der Waals surface area contributed by atoms with Crippen molar-refractivity contribution in [3.63, 3.8) is 0 Å². The van der Waals surface area contributed by atoms with Crippen LogP contribution in [0.1, 0.15) is 52.3 Å². The normalized spacial score (nSPS) is 15.6. The fraction of sp³-hybridized carbons (Fsp3) is 0.765. The summed E-state index contributed by atoms with van der Waals surface area (Å²) in [6, 6.07) is 5.65. The zero-order valence-electron chi connectivity index (χ0n) is 14.1. The van der Waals surface area contributed by atoms with Crippen molar-refractivity contribution in [1.82, 2.24) is 10.2 Å². The van der Waals surface area contributed by atoms with Gasteiger partial charge in [-0.1, -0.05) is 6.07 Å². The van der Waals surface area contributed by atoms with Crippen LogP contribution in [-0.2, 0) is 6.42 Å². The Balaban J connectivity index is 2.26. The van der Waals surface area contributed by atoms with Gasteiger partial charge in [-0.05, 0) is 78.9 Å². The fourth-order valence-corrected chi connectivity index (χ4v) is 3.19. The molecule has 0 bridgehead atoms. The van der Waals surface area contributed by atoms with Crippen molar-refractivity contribution in [3.8, 4) is 0 Å². The zero-order valence-corrected chi connectivity index (χ0v) is 14.9. The first-order valence-corrected chi connectivity index (χ1v) is 8.67. The van der Waals surface area contributed by atoms with Crippen LogP contribution in [0.2, 0.25) is 0 Å². The van der Waals surface area contributed by atoms with Gasteiger partial charge in [0.2, 0.25) is 0 Å². The molecule has 3 heteroatoms. The van der Waals surface area contributed by atoms with Gasteiger partial charge in [0.1, 0.15) is 0 Å². The topological polar surface area (TPSA) is 15.3 Å². The van der Waals surface area contributed by atoms with Gasteiger partial charge in [-0.25, -0.2) is 0 Å². The van der Waals surface area contributed by atoms with E-state index in [0.717, 1.165) is 6.54 Å². The van der Waals surface area contributed by atoms with Crippen LogP contribution in [0.15, 0.2) is 17.5 Å². The Morgan fingerprint density at radius 1 is 1.25 bits per heavy atom. The highest BCUT2D eigenvalue weighted by Crippen LogP contribution is 2.16. The van der Waals surface area contributed by atoms with Crippen LogP contribution < -0.4 is 5.32 Å². The first kappa shape index (κ1) is 17.7. The molecule has 2 unspecified atom stereocenters. The molecule has 0 radical (unpaired) electrons. The Hall–Kier alpha value is -0.380. The molecule has 0 aromatic carbocycles. The van der Waals surface area contributed by atoms with Crippen LogP contribution >= 0.6 is 11.3 Å². The van der Waals surface area contributed by atoms with Gasteiger partial charge in [-0.3, -0.25) is 0 Å². The number of rotatable bonds is 8. The lowest BCUT2D eigenvalue weighted by molar-refractivity contribution is 0.183. The molecule has 0 spiro atoms. The van der Waals surface area contributed by atoms with E-state index in [0.29, 0.717) is 12.1 Å². The molecular formula is C17H32N2S. The van der Waals surface area contributed by atoms with E-state index >= 15 is 0 Å². The van der Waals surface area contributed by atoms with Crippen molar-refractivity contribution in [2.24, 2.45) is 0 Å². The maximum absolute atomic E-state index is 3.56. The number of hydrogen-bond donors (Lipinski definition) is 1. The summed E-state index contributed by atoms with van der Waals surface area (Å²) in [6.07, 6.45) is 3.67. The van der Waals surface area contributed by atoms with Gasteiger partial charge in [-0.15, -0.1) is 11.3 Å². The molecule has 0 amide bonds. The van der Waals surface area contributed by atoms with Gasteiger partial charge in [0.15, 0.2) is 0 Å². The molecule has 2 nitrogen and oxygen atoms in total. The molecule has 1 rings (SSSR count). The molecule has 116 valence electrons. The van der Waals surface area contributed by atoms with Gasteiger partial charge >= 0.3 is 0 Å². The van der Waals surface area contributed by atoms with Crippen molar-refractivity contribution in [2.45, 2.75) is 71.5 Å². The molecule has 1 aromatic heterocycles. The smallest absolute Gasteiger partial charge is 0.0115 e. The van der Waals surface area contributed by atoms with E-state index < -0.39 is 0 Å². The maximum atomic E-state index is 3.56. The largest absolute Gasteiger partial charge is 0.312 e. The molecule has 2 atom stereocenters. The average Bonchev–Trinajstić information content (AvgIpc) is 2.85. The minimum atomic E-state index is 0.238. The summed E-state index contributed by atoms with van der Waals surface area (Å²) in [5, 5.41) is 5.74. The van der Waals surface area contributed by atoms with Crippen LogP contribution in [0.3, 0.4) is 0 Å². The summed E-state index contributed by atoms with van der Waals surface area (Å²) in [7, 11) is 2.26. The number of nitrogens with zero attached hydrogens (tertiary/aromatic N) is 1. The van der Waals surface area contributed by atoms with Gasteiger partial charge in [0.25, 0.3) is 0 Å². The standard InChI is InChI=1S/C17H32N2S/c1-14(9-7-11-18-17(3,4)5)19(6)15(2)13-16-10-8-12-20-16/h8,10,12,14-15,18H,7,9,11,13H2,1-6H3. The number of thiophene rings is 1. The molecule has 20 heavy (non-hydrogen) atoms. The van der Waals surface area contributed by atoms with Crippen LogP contribution in [0, 0.1) is 0 Å². The highest BCUT2D eigenvalue weighted by molar-refractivity contribution is 7.09. The van der Waals surface area contributed by atoms with E-state index in [1.165, 1.54) is 24.1 Å². The van der Waals surface area contributed by atoms with E-state index in [1.807, 2.05) is 11.3 Å². The van der Waals surface area contributed by atoms with Gasteiger partial charge in [0.05, 0.1) is 0 Å². The predicted octanol–water partition coefficient (Wildman–Crippen LogP) is 4.17. The minimum absolute atomic E-state index is 0.238. The predicted molar refractivity (Wildman–Crippen MR) is 91.7 cm³/mol. The third kappa shape index (κ3) is 6.87. The molecule has 1 heterocycles. The summed E-state index contributed by atoms with van der Waals surface area (Å²) < 4.78 is 0. The van der Waals surface area contributed by atoms with Crippen LogP contribution in [0.25, 0.3) is 0 Å². The molecule has 1 N–H and O–H groups in total. The number of nitrogens with one attached hydrogen (secondary N) is 1. The van der Waals surface area contributed by atoms with Crippen molar-refractivity contribution in [1.29, 1.82) is 0 Å². The molecular weight excluding hydrogens is 264 g/mol. The first-order valence-electron chi connectivity index (χ1n) is 7.79. The van der Waals surface area contributed by atoms with Crippen molar-refractivity contribution < 1.29 is 0 Å². The summed E-state index contributed by atoms with van der Waals surface area (Å²) in [5.74, 6) is 0. The van der Waals surface area contributed by atoms with Gasteiger partial charge in [0, 0.05) is 22.5 Å². The lowest BCUT2D eigenvalue weighted by Gasteiger charge is -2.31. The highest BCUT2D eigenvalue weighted by atomic mass is 32.1. The molecule has 0 aliphatic rings. The van der Waals surface area contributed by atoms with Crippen molar-refractivity contribution >= 4 is 11.3 Å². The van der Waals surface area contributed by atoms with Crippen LogP contribution in [0.4, 0.5) is 0 Å². The average molecular weight is 297 g/mol. The Morgan fingerprint density at radius 3 is 2.50 bits per heavy atom. The second kappa shape index (κ2) is 8.16. The molecule has 0 saturated heterocycles. The quantitative estimate of drug-likeness (QED) is 0.724. The third-order valence-electron chi connectivity index (χ3n) is 3.92. The van der Waals surface area contributed by atoms with Gasteiger partial charge in [-0.2, -0.15) is 0 Å². The van der Waals surface area contributed by atoms with Gasteiger partial charge < -0.3 is 10.2 Å². The highest BCUT2D eigenvalue weighted by Gasteiger charge is 2.16. The molecule has 0 aliphatic heterocycles. The number of hydrogen-bond acceptors (Lipinski definition) is 3. The zero-order chi connectivity index (χ0) is 15.2. The van der Waals surface area contributed by atoms with E-state index in [2.05, 4.69) is 69.4 Å². The third-order valence-corrected chi connectivity index (χ3v) is 4.82. The molecule has 1 aromatic rings. The Kier molecular flexibility index (Phi) is 7.21. The van der Waals surface area contributed by atoms with Crippen molar-refractivity contribution in [2.75, 3.05) is 13.6 Å². The Bertz CT molecular complexity index is 354. The minimum Gasteiger partial charge on any atom is -0.312 e. The SMILES string of the molecule is CC(CCCNC(C)(C)C)N(C)C(C)Cc1cccs1. The van der Waals surface area contributed by atoms with E-state index in [9.17, 15) is 0 Å². The van der Waals surface area contributed by atoms with Crippen LogP contribution in [-0.4, -0.2) is 36.1 Å². The monoisotopic (exact) mass is 296 g/mol. The lowest BCUT2D eigenvalue weighted by atomic mass is 10.1.